The van der Waals surface area contributed by atoms with Gasteiger partial charge in [-0.3, -0.25) is 9.69 Å². The van der Waals surface area contributed by atoms with Gasteiger partial charge in [0.05, 0.1) is 6.04 Å². The third-order valence-corrected chi connectivity index (χ3v) is 7.17. The molecule has 0 unspecified atom stereocenters. The van der Waals surface area contributed by atoms with Gasteiger partial charge in [0.1, 0.15) is 11.7 Å². The van der Waals surface area contributed by atoms with Gasteiger partial charge in [0.25, 0.3) is 0 Å². The van der Waals surface area contributed by atoms with Gasteiger partial charge in [-0.25, -0.2) is 0 Å². The summed E-state index contributed by atoms with van der Waals surface area (Å²) in [6.45, 7) is 10.1. The number of aryl methyl sites for hydroxylation is 4. The maximum atomic E-state index is 14.0. The standard InChI is InChI=1S/C28H29N3O2S/c1-16-6-10-20(11-7-16)31-27(34)30-25-21-15-18(3)9-13-23(21)33-28(31,5)24(25)26(32)29-22-12-8-17(2)14-19(22)4/h6-15,24-25H,1-5H3,(H,29,32)(H,30,34)/t24-,25-,28-/m0/s1. The molecule has 5 nitrogen and oxygen atoms in total. The zero-order chi connectivity index (χ0) is 24.2. The van der Waals surface area contributed by atoms with Gasteiger partial charge in [-0.2, -0.15) is 0 Å². The van der Waals surface area contributed by atoms with Gasteiger partial charge in [0.2, 0.25) is 5.91 Å². The van der Waals surface area contributed by atoms with Crippen molar-refractivity contribution < 1.29 is 9.53 Å². The molecular formula is C28H29N3O2S. The van der Waals surface area contributed by atoms with Gasteiger partial charge in [0, 0.05) is 16.9 Å². The van der Waals surface area contributed by atoms with E-state index < -0.39 is 11.6 Å². The molecule has 0 saturated carbocycles. The molecule has 2 aliphatic heterocycles. The summed E-state index contributed by atoms with van der Waals surface area (Å²) in [5.74, 6) is 0.0926. The van der Waals surface area contributed by atoms with Crippen molar-refractivity contribution in [3.05, 3.63) is 88.5 Å². The highest BCUT2D eigenvalue weighted by molar-refractivity contribution is 7.80. The molecule has 1 amide bonds. The van der Waals surface area contributed by atoms with E-state index in [-0.39, 0.29) is 11.9 Å². The second-order valence-corrected chi connectivity index (χ2v) is 9.97. The molecule has 2 N–H and O–H groups in total. The summed E-state index contributed by atoms with van der Waals surface area (Å²) < 4.78 is 6.67. The molecule has 2 heterocycles. The van der Waals surface area contributed by atoms with E-state index in [0.29, 0.717) is 5.11 Å². The van der Waals surface area contributed by atoms with Crippen molar-refractivity contribution in [2.75, 3.05) is 10.2 Å². The van der Waals surface area contributed by atoms with Gasteiger partial charge in [-0.15, -0.1) is 0 Å². The highest BCUT2D eigenvalue weighted by atomic mass is 32.1. The van der Waals surface area contributed by atoms with Crippen molar-refractivity contribution in [1.82, 2.24) is 5.32 Å². The van der Waals surface area contributed by atoms with E-state index in [1.54, 1.807) is 0 Å². The Bertz CT molecular complexity index is 1300. The average Bonchev–Trinajstić information content (AvgIpc) is 2.77. The maximum Gasteiger partial charge on any atom is 0.236 e. The predicted molar refractivity (Wildman–Crippen MR) is 140 cm³/mol. The Labute approximate surface area is 206 Å². The lowest BCUT2D eigenvalue weighted by atomic mass is 9.78. The summed E-state index contributed by atoms with van der Waals surface area (Å²) in [5.41, 5.74) is 6.04. The van der Waals surface area contributed by atoms with Crippen LogP contribution in [0.2, 0.25) is 0 Å². The molecule has 6 heteroatoms. The van der Waals surface area contributed by atoms with Crippen LogP contribution in [0.4, 0.5) is 11.4 Å². The molecule has 1 saturated heterocycles. The summed E-state index contributed by atoms with van der Waals surface area (Å²) in [5, 5.41) is 7.19. The van der Waals surface area contributed by atoms with Crippen molar-refractivity contribution in [1.29, 1.82) is 0 Å². The Morgan fingerprint density at radius 2 is 1.62 bits per heavy atom. The average molecular weight is 472 g/mol. The lowest BCUT2D eigenvalue weighted by Gasteiger charge is -2.56. The number of nitrogens with one attached hydrogen (secondary N) is 2. The molecule has 3 atom stereocenters. The maximum absolute atomic E-state index is 14.0. The van der Waals surface area contributed by atoms with E-state index in [9.17, 15) is 4.79 Å². The Morgan fingerprint density at radius 1 is 0.971 bits per heavy atom. The fraction of sp³-hybridized carbons (Fsp3) is 0.286. The van der Waals surface area contributed by atoms with Crippen molar-refractivity contribution >= 4 is 34.6 Å². The van der Waals surface area contributed by atoms with Crippen LogP contribution in [-0.4, -0.2) is 16.7 Å². The van der Waals surface area contributed by atoms with Crippen LogP contribution >= 0.6 is 12.2 Å². The summed E-state index contributed by atoms with van der Waals surface area (Å²) in [6.07, 6.45) is 0. The summed E-state index contributed by atoms with van der Waals surface area (Å²) in [6, 6.07) is 19.9. The van der Waals surface area contributed by atoms with Gasteiger partial charge < -0.3 is 15.4 Å². The summed E-state index contributed by atoms with van der Waals surface area (Å²) >= 11 is 5.84. The summed E-state index contributed by atoms with van der Waals surface area (Å²) in [4.78, 5) is 15.9. The summed E-state index contributed by atoms with van der Waals surface area (Å²) in [7, 11) is 0. The molecule has 0 radical (unpaired) electrons. The van der Waals surface area contributed by atoms with Crippen LogP contribution in [-0.2, 0) is 4.79 Å². The number of amides is 1. The second-order valence-electron chi connectivity index (χ2n) is 9.58. The number of carbonyl (C=O) groups excluding carboxylic acids is 1. The van der Waals surface area contributed by atoms with E-state index in [2.05, 4.69) is 22.8 Å². The highest BCUT2D eigenvalue weighted by Crippen LogP contribution is 2.50. The van der Waals surface area contributed by atoms with Crippen LogP contribution < -0.4 is 20.3 Å². The Kier molecular flexibility index (Phi) is 5.36. The quantitative estimate of drug-likeness (QED) is 0.479. The predicted octanol–water partition coefficient (Wildman–Crippen LogP) is 5.72. The van der Waals surface area contributed by atoms with Gasteiger partial charge in [-0.1, -0.05) is 53.1 Å². The molecule has 1 fully saturated rings. The smallest absolute Gasteiger partial charge is 0.236 e. The first-order chi connectivity index (χ1) is 16.2. The van der Waals surface area contributed by atoms with Crippen LogP contribution in [0.5, 0.6) is 5.75 Å². The SMILES string of the molecule is Cc1ccc(N2C(=S)N[C@H]3c4cc(C)ccc4O[C@@]2(C)[C@@H]3C(=O)Nc2ccc(C)cc2C)cc1. The number of thiocarbonyl (C=S) groups is 1. The van der Waals surface area contributed by atoms with Crippen LogP contribution in [0.25, 0.3) is 0 Å². The number of rotatable bonds is 3. The van der Waals surface area contributed by atoms with Crippen molar-refractivity contribution in [2.24, 2.45) is 5.92 Å². The molecular weight excluding hydrogens is 442 g/mol. The van der Waals surface area contributed by atoms with E-state index in [4.69, 9.17) is 17.0 Å². The van der Waals surface area contributed by atoms with Crippen molar-refractivity contribution in [2.45, 2.75) is 46.4 Å². The lowest BCUT2D eigenvalue weighted by Crippen LogP contribution is -2.72. The number of fused-ring (bicyclic) bond motifs is 4. The Balaban J connectivity index is 1.63. The topological polar surface area (TPSA) is 53.6 Å². The van der Waals surface area contributed by atoms with E-state index in [1.165, 1.54) is 0 Å². The number of carbonyl (C=O) groups is 1. The molecule has 3 aromatic rings. The molecule has 0 spiro atoms. The minimum atomic E-state index is -1.02. The van der Waals surface area contributed by atoms with Crippen molar-refractivity contribution in [3.63, 3.8) is 0 Å². The third kappa shape index (κ3) is 3.62. The van der Waals surface area contributed by atoms with Crippen LogP contribution in [0, 0.1) is 33.6 Å². The van der Waals surface area contributed by atoms with Gasteiger partial charge in [-0.05, 0) is 76.7 Å². The number of ether oxygens (including phenoxy) is 1. The molecule has 5 rings (SSSR count). The molecule has 2 aliphatic rings. The molecule has 34 heavy (non-hydrogen) atoms. The fourth-order valence-corrected chi connectivity index (χ4v) is 5.56. The normalized spacial score (nSPS) is 23.0. The van der Waals surface area contributed by atoms with E-state index >= 15 is 0 Å². The lowest BCUT2D eigenvalue weighted by molar-refractivity contribution is -0.130. The molecule has 0 aliphatic carbocycles. The molecule has 0 aromatic heterocycles. The zero-order valence-corrected chi connectivity index (χ0v) is 20.9. The number of anilines is 2. The number of nitrogens with zero attached hydrogens (tertiary/aromatic N) is 1. The fourth-order valence-electron chi connectivity index (χ4n) is 5.15. The van der Waals surface area contributed by atoms with E-state index in [0.717, 1.165) is 44.9 Å². The molecule has 3 aromatic carbocycles. The van der Waals surface area contributed by atoms with Crippen LogP contribution in [0.1, 0.15) is 40.8 Å². The van der Waals surface area contributed by atoms with Gasteiger partial charge in [0.15, 0.2) is 10.8 Å². The first kappa shape index (κ1) is 22.4. The van der Waals surface area contributed by atoms with Gasteiger partial charge >= 0.3 is 0 Å². The number of hydrogen-bond acceptors (Lipinski definition) is 3. The molecule has 2 bridgehead atoms. The largest absolute Gasteiger partial charge is 0.467 e. The molecule has 174 valence electrons. The first-order valence-electron chi connectivity index (χ1n) is 11.5. The Morgan fingerprint density at radius 3 is 2.32 bits per heavy atom. The zero-order valence-electron chi connectivity index (χ0n) is 20.1. The van der Waals surface area contributed by atoms with Crippen LogP contribution in [0.3, 0.4) is 0 Å². The first-order valence-corrected chi connectivity index (χ1v) is 11.9. The second kappa shape index (κ2) is 8.13. The number of hydrogen-bond donors (Lipinski definition) is 2. The van der Waals surface area contributed by atoms with Crippen LogP contribution in [0.15, 0.2) is 60.7 Å². The minimum absolute atomic E-state index is 0.112. The third-order valence-electron chi connectivity index (χ3n) is 6.87. The highest BCUT2D eigenvalue weighted by Gasteiger charge is 2.59. The minimum Gasteiger partial charge on any atom is -0.467 e. The van der Waals surface area contributed by atoms with Crippen molar-refractivity contribution in [3.8, 4) is 5.75 Å². The van der Waals surface area contributed by atoms with E-state index in [1.807, 2.05) is 88.0 Å². The monoisotopic (exact) mass is 471 g/mol. The Hall–Kier alpha value is -3.38. The number of benzene rings is 3.